The number of nitrogen functional groups attached to an aromatic ring is 1. The Morgan fingerprint density at radius 3 is 2.50 bits per heavy atom. The number of hydrogen-bond donors (Lipinski definition) is 1. The molecule has 0 spiro atoms. The Kier molecular flexibility index (Phi) is 5.47. The second-order valence-corrected chi connectivity index (χ2v) is 7.55. The van der Waals surface area contributed by atoms with Gasteiger partial charge in [-0.15, -0.1) is 0 Å². The van der Waals surface area contributed by atoms with Crippen LogP contribution in [0.2, 0.25) is 5.02 Å². The zero-order chi connectivity index (χ0) is 20.6. The van der Waals surface area contributed by atoms with E-state index in [1.165, 1.54) is 0 Å². The lowest BCUT2D eigenvalue weighted by molar-refractivity contribution is 0.0993. The minimum absolute atomic E-state index is 0.0217. The van der Waals surface area contributed by atoms with Crippen molar-refractivity contribution >= 4 is 39.8 Å². The van der Waals surface area contributed by atoms with Crippen LogP contribution in [0.15, 0.2) is 47.3 Å². The largest absolute Gasteiger partial charge is 0.397 e. The number of anilines is 2. The summed E-state index contributed by atoms with van der Waals surface area (Å²) < 4.78 is 1.72. The molecule has 2 aromatic carbocycles. The highest BCUT2D eigenvalue weighted by Crippen LogP contribution is 2.28. The summed E-state index contributed by atoms with van der Waals surface area (Å²) in [7, 11) is 1.70. The molecule has 146 valence electrons. The molecule has 0 unspecified atom stereocenters. The predicted octanol–water partition coefficient (Wildman–Crippen LogP) is 4.66. The number of benzene rings is 2. The van der Waals surface area contributed by atoms with Gasteiger partial charge < -0.3 is 15.2 Å². The number of pyridine rings is 1. The van der Waals surface area contributed by atoms with Crippen molar-refractivity contribution in [3.8, 4) is 0 Å². The van der Waals surface area contributed by atoms with Crippen molar-refractivity contribution in [2.24, 2.45) is 0 Å². The quantitative estimate of drug-likeness (QED) is 0.651. The summed E-state index contributed by atoms with van der Waals surface area (Å²) in [5.41, 5.74) is 9.26. The molecule has 1 heterocycles. The van der Waals surface area contributed by atoms with Crippen molar-refractivity contribution < 1.29 is 4.79 Å². The summed E-state index contributed by atoms with van der Waals surface area (Å²) in [6, 6.07) is 12.3. The Morgan fingerprint density at radius 2 is 1.89 bits per heavy atom. The van der Waals surface area contributed by atoms with E-state index in [1.807, 2.05) is 32.9 Å². The van der Waals surface area contributed by atoms with Crippen molar-refractivity contribution in [2.45, 2.75) is 33.2 Å². The summed E-state index contributed by atoms with van der Waals surface area (Å²) in [4.78, 5) is 27.0. The Balaban J connectivity index is 2.11. The molecule has 28 heavy (non-hydrogen) atoms. The molecule has 0 atom stereocenters. The Morgan fingerprint density at radius 1 is 1.18 bits per heavy atom. The van der Waals surface area contributed by atoms with Gasteiger partial charge in [-0.3, -0.25) is 9.59 Å². The molecular weight excluding hydrogens is 374 g/mol. The van der Waals surface area contributed by atoms with Crippen molar-refractivity contribution in [1.82, 2.24) is 4.57 Å². The number of fused-ring (bicyclic) bond motifs is 1. The number of rotatable bonds is 4. The molecule has 3 rings (SSSR count). The SMILES string of the molecule is CCn1c(=O)cc(C(C)C)c2cc(C(=O)N(C)c3ccc(Cl)c(N)c3)ccc21. The van der Waals surface area contributed by atoms with Crippen LogP contribution in [-0.4, -0.2) is 17.5 Å². The van der Waals surface area contributed by atoms with Gasteiger partial charge in [-0.1, -0.05) is 25.4 Å². The number of aryl methyl sites for hydroxylation is 1. The average molecular weight is 398 g/mol. The first kappa shape index (κ1) is 20.0. The lowest BCUT2D eigenvalue weighted by atomic mass is 9.97. The second kappa shape index (κ2) is 7.68. The number of aromatic nitrogens is 1. The first-order valence-electron chi connectivity index (χ1n) is 9.25. The van der Waals surface area contributed by atoms with Crippen LogP contribution in [-0.2, 0) is 6.54 Å². The molecule has 6 heteroatoms. The van der Waals surface area contributed by atoms with Gasteiger partial charge in [-0.2, -0.15) is 0 Å². The number of carbonyl (C=O) groups is 1. The van der Waals surface area contributed by atoms with Crippen LogP contribution in [0.25, 0.3) is 10.9 Å². The summed E-state index contributed by atoms with van der Waals surface area (Å²) in [6.45, 7) is 6.60. The van der Waals surface area contributed by atoms with Crippen LogP contribution >= 0.6 is 11.6 Å². The predicted molar refractivity (Wildman–Crippen MR) is 117 cm³/mol. The van der Waals surface area contributed by atoms with E-state index < -0.39 is 0 Å². The Bertz CT molecular complexity index is 1120. The topological polar surface area (TPSA) is 68.3 Å². The molecule has 0 aliphatic carbocycles. The normalized spacial score (nSPS) is 11.2. The highest BCUT2D eigenvalue weighted by molar-refractivity contribution is 6.33. The molecule has 1 amide bonds. The summed E-state index contributed by atoms with van der Waals surface area (Å²) in [5.74, 6) is 0.00780. The van der Waals surface area contributed by atoms with Gasteiger partial charge in [0.05, 0.1) is 16.2 Å². The first-order valence-corrected chi connectivity index (χ1v) is 9.63. The fraction of sp³-hybridized carbons (Fsp3) is 0.273. The van der Waals surface area contributed by atoms with E-state index in [1.54, 1.807) is 46.8 Å². The molecule has 0 aliphatic rings. The maximum Gasteiger partial charge on any atom is 0.258 e. The third-order valence-electron chi connectivity index (χ3n) is 5.00. The summed E-state index contributed by atoms with van der Waals surface area (Å²) >= 11 is 5.98. The van der Waals surface area contributed by atoms with Crippen LogP contribution in [0.3, 0.4) is 0 Å². The van der Waals surface area contributed by atoms with Gasteiger partial charge in [0.25, 0.3) is 11.5 Å². The summed E-state index contributed by atoms with van der Waals surface area (Å²) in [6.07, 6.45) is 0. The van der Waals surface area contributed by atoms with E-state index in [0.717, 1.165) is 16.5 Å². The zero-order valence-corrected chi connectivity index (χ0v) is 17.2. The third-order valence-corrected chi connectivity index (χ3v) is 5.34. The molecule has 5 nitrogen and oxygen atoms in total. The maximum absolute atomic E-state index is 13.1. The monoisotopic (exact) mass is 397 g/mol. The van der Waals surface area contributed by atoms with Gasteiger partial charge >= 0.3 is 0 Å². The van der Waals surface area contributed by atoms with Crippen LogP contribution in [0.4, 0.5) is 11.4 Å². The van der Waals surface area contributed by atoms with Gasteiger partial charge in [0.1, 0.15) is 0 Å². The van der Waals surface area contributed by atoms with Crippen molar-refractivity contribution in [1.29, 1.82) is 0 Å². The first-order chi connectivity index (χ1) is 13.2. The van der Waals surface area contributed by atoms with E-state index in [-0.39, 0.29) is 17.4 Å². The molecule has 0 bridgehead atoms. The van der Waals surface area contributed by atoms with E-state index in [9.17, 15) is 9.59 Å². The number of amides is 1. The van der Waals surface area contributed by atoms with Crippen LogP contribution in [0.5, 0.6) is 0 Å². The standard InChI is InChI=1S/C22H24ClN3O2/c1-5-26-20-9-6-14(10-17(20)16(13(2)3)12-21(26)27)22(28)25(4)15-7-8-18(23)19(24)11-15/h6-13H,5,24H2,1-4H3. The zero-order valence-electron chi connectivity index (χ0n) is 16.5. The molecule has 3 aromatic rings. The Labute approximate surface area is 169 Å². The minimum Gasteiger partial charge on any atom is -0.397 e. The molecule has 0 saturated heterocycles. The highest BCUT2D eigenvalue weighted by atomic mass is 35.5. The molecule has 0 saturated carbocycles. The molecule has 0 aliphatic heterocycles. The van der Waals surface area contributed by atoms with Crippen molar-refractivity contribution in [3.63, 3.8) is 0 Å². The van der Waals surface area contributed by atoms with E-state index in [0.29, 0.717) is 28.5 Å². The van der Waals surface area contributed by atoms with E-state index in [2.05, 4.69) is 0 Å². The molecule has 2 N–H and O–H groups in total. The average Bonchev–Trinajstić information content (AvgIpc) is 2.67. The lowest BCUT2D eigenvalue weighted by Crippen LogP contribution is -2.26. The van der Waals surface area contributed by atoms with Gasteiger partial charge in [-0.25, -0.2) is 0 Å². The maximum atomic E-state index is 13.1. The van der Waals surface area contributed by atoms with Crippen LogP contribution in [0, 0.1) is 0 Å². The van der Waals surface area contributed by atoms with Crippen LogP contribution in [0.1, 0.15) is 42.6 Å². The smallest absolute Gasteiger partial charge is 0.258 e. The van der Waals surface area contributed by atoms with Gasteiger partial charge in [0.2, 0.25) is 0 Å². The highest BCUT2D eigenvalue weighted by Gasteiger charge is 2.17. The van der Waals surface area contributed by atoms with Gasteiger partial charge in [0, 0.05) is 36.3 Å². The second-order valence-electron chi connectivity index (χ2n) is 7.14. The minimum atomic E-state index is -0.160. The number of halogens is 1. The molecule has 0 radical (unpaired) electrons. The van der Waals surface area contributed by atoms with Gasteiger partial charge in [0.15, 0.2) is 0 Å². The van der Waals surface area contributed by atoms with Crippen molar-refractivity contribution in [2.75, 3.05) is 17.7 Å². The molecular formula is C22H24ClN3O2. The van der Waals surface area contributed by atoms with Crippen LogP contribution < -0.4 is 16.2 Å². The van der Waals surface area contributed by atoms with Crippen molar-refractivity contribution in [3.05, 3.63) is 69.0 Å². The number of hydrogen-bond acceptors (Lipinski definition) is 3. The van der Waals surface area contributed by atoms with E-state index >= 15 is 0 Å². The fourth-order valence-electron chi connectivity index (χ4n) is 3.40. The van der Waals surface area contributed by atoms with E-state index in [4.69, 9.17) is 17.3 Å². The number of nitrogens with two attached hydrogens (primary N) is 1. The number of nitrogens with zero attached hydrogens (tertiary/aromatic N) is 2. The molecule has 0 fully saturated rings. The number of carbonyl (C=O) groups excluding carboxylic acids is 1. The summed E-state index contributed by atoms with van der Waals surface area (Å²) in [5, 5.41) is 1.38. The Hall–Kier alpha value is -2.79. The lowest BCUT2D eigenvalue weighted by Gasteiger charge is -2.20. The van der Waals surface area contributed by atoms with Gasteiger partial charge in [-0.05, 0) is 54.8 Å². The molecule has 1 aromatic heterocycles. The third kappa shape index (κ3) is 3.50. The fourth-order valence-corrected chi connectivity index (χ4v) is 3.52.